The topological polar surface area (TPSA) is 55.5 Å². The van der Waals surface area contributed by atoms with Crippen molar-refractivity contribution in [1.82, 2.24) is 0 Å². The molecule has 0 amide bonds. The van der Waals surface area contributed by atoms with Gasteiger partial charge in [0, 0.05) is 12.0 Å². The Labute approximate surface area is 143 Å². The highest BCUT2D eigenvalue weighted by Crippen LogP contribution is 2.40. The van der Waals surface area contributed by atoms with Gasteiger partial charge in [-0.15, -0.1) is 0 Å². The summed E-state index contributed by atoms with van der Waals surface area (Å²) in [7, 11) is 0. The van der Waals surface area contributed by atoms with E-state index in [1.807, 2.05) is 12.1 Å². The first-order valence-corrected chi connectivity index (χ1v) is 8.13. The molecule has 3 N–H and O–H groups in total. The monoisotopic (exact) mass is 367 g/mol. The molecular weight excluding hydrogens is 345 g/mol. The predicted molar refractivity (Wildman–Crippen MR) is 82.8 cm³/mol. The average Bonchev–Trinajstić information content (AvgIpc) is 2.94. The zero-order valence-electron chi connectivity index (χ0n) is 13.7. The molecule has 1 fully saturated rings. The van der Waals surface area contributed by atoms with Crippen LogP contribution >= 0.6 is 0 Å². The molecule has 142 valence electrons. The van der Waals surface area contributed by atoms with Crippen molar-refractivity contribution in [3.05, 3.63) is 29.8 Å². The fraction of sp³-hybridized carbons (Fsp3) is 0.647. The van der Waals surface area contributed by atoms with Gasteiger partial charge in [0.2, 0.25) is 0 Å². The summed E-state index contributed by atoms with van der Waals surface area (Å²) in [6.07, 6.45) is -4.94. The Hall–Kier alpha value is -1.41. The van der Waals surface area contributed by atoms with Gasteiger partial charge in [-0.3, -0.25) is 0 Å². The maximum Gasteiger partial charge on any atom is 0.453 e. The zero-order chi connectivity index (χ0) is 18.7. The molecule has 0 heterocycles. The summed E-state index contributed by atoms with van der Waals surface area (Å²) >= 11 is 0. The van der Waals surface area contributed by atoms with E-state index in [4.69, 9.17) is 10.5 Å². The second kappa shape index (κ2) is 7.45. The Morgan fingerprint density at radius 2 is 1.80 bits per heavy atom. The number of halogens is 5. The number of hydrogen-bond acceptors (Lipinski definition) is 3. The van der Waals surface area contributed by atoms with E-state index in [0.717, 1.165) is 18.4 Å². The van der Waals surface area contributed by atoms with E-state index in [1.54, 1.807) is 12.1 Å². The molecule has 1 aliphatic rings. The van der Waals surface area contributed by atoms with E-state index in [1.165, 1.54) is 0 Å². The first-order chi connectivity index (χ1) is 11.6. The van der Waals surface area contributed by atoms with Crippen LogP contribution in [0.3, 0.4) is 0 Å². The van der Waals surface area contributed by atoms with E-state index < -0.39 is 30.5 Å². The molecule has 3 nitrogen and oxygen atoms in total. The summed E-state index contributed by atoms with van der Waals surface area (Å²) in [6, 6.07) is 6.97. The van der Waals surface area contributed by atoms with E-state index in [9.17, 15) is 27.1 Å². The third kappa shape index (κ3) is 5.04. The third-order valence-electron chi connectivity index (χ3n) is 4.63. The van der Waals surface area contributed by atoms with Crippen LogP contribution in [0.2, 0.25) is 0 Å². The van der Waals surface area contributed by atoms with Crippen LogP contribution in [-0.4, -0.2) is 36.0 Å². The Morgan fingerprint density at radius 1 is 1.16 bits per heavy atom. The summed E-state index contributed by atoms with van der Waals surface area (Å²) in [6.45, 7) is -0.280. The molecule has 0 aliphatic heterocycles. The van der Waals surface area contributed by atoms with Crippen LogP contribution in [0.4, 0.5) is 22.0 Å². The van der Waals surface area contributed by atoms with Crippen LogP contribution in [0.15, 0.2) is 24.3 Å². The molecule has 0 unspecified atom stereocenters. The van der Waals surface area contributed by atoms with Crippen molar-refractivity contribution >= 4 is 0 Å². The minimum atomic E-state index is -5.53. The van der Waals surface area contributed by atoms with Gasteiger partial charge in [0.25, 0.3) is 0 Å². The van der Waals surface area contributed by atoms with Gasteiger partial charge in [0.15, 0.2) is 0 Å². The number of ether oxygens (including phenoxy) is 1. The molecule has 0 saturated heterocycles. The standard InChI is InChI=1S/C17H22F5NO2/c18-16(19,17(20,21)22)7-1-9-25-14-4-2-12(3-5-14)13-6-8-15(23,10-13)11-24/h2-5,13,24H,1,6-11,23H2/t13-,15-/m1/s1. The van der Waals surface area contributed by atoms with Crippen molar-refractivity contribution in [1.29, 1.82) is 0 Å². The minimum Gasteiger partial charge on any atom is -0.494 e. The molecule has 1 saturated carbocycles. The van der Waals surface area contributed by atoms with Crippen molar-refractivity contribution in [2.45, 2.75) is 55.7 Å². The molecular formula is C17H22F5NO2. The summed E-state index contributed by atoms with van der Waals surface area (Å²) in [5.41, 5.74) is 6.53. The summed E-state index contributed by atoms with van der Waals surface area (Å²) < 4.78 is 66.9. The second-order valence-corrected chi connectivity index (χ2v) is 6.68. The van der Waals surface area contributed by atoms with Gasteiger partial charge in [-0.05, 0) is 49.3 Å². The number of benzene rings is 1. The fourth-order valence-electron chi connectivity index (χ4n) is 3.05. The van der Waals surface area contributed by atoms with Crippen LogP contribution in [-0.2, 0) is 0 Å². The average molecular weight is 367 g/mol. The second-order valence-electron chi connectivity index (χ2n) is 6.68. The minimum absolute atomic E-state index is 0.0622. The molecule has 1 aliphatic carbocycles. The van der Waals surface area contributed by atoms with Gasteiger partial charge < -0.3 is 15.6 Å². The summed E-state index contributed by atoms with van der Waals surface area (Å²) in [5.74, 6) is -4.04. The first kappa shape index (κ1) is 19.9. The molecule has 2 atom stereocenters. The number of hydrogen-bond donors (Lipinski definition) is 2. The number of nitrogens with two attached hydrogens (primary N) is 1. The van der Waals surface area contributed by atoms with Crippen molar-refractivity contribution in [2.24, 2.45) is 5.73 Å². The van der Waals surface area contributed by atoms with Crippen LogP contribution in [0.1, 0.15) is 43.6 Å². The zero-order valence-corrected chi connectivity index (χ0v) is 13.7. The lowest BCUT2D eigenvalue weighted by Gasteiger charge is -2.21. The van der Waals surface area contributed by atoms with E-state index in [2.05, 4.69) is 0 Å². The number of aliphatic hydroxyl groups is 1. The molecule has 25 heavy (non-hydrogen) atoms. The van der Waals surface area contributed by atoms with Crippen LogP contribution in [0.25, 0.3) is 0 Å². The lowest BCUT2D eigenvalue weighted by molar-refractivity contribution is -0.284. The van der Waals surface area contributed by atoms with Crippen molar-refractivity contribution in [3.63, 3.8) is 0 Å². The van der Waals surface area contributed by atoms with Crippen LogP contribution in [0, 0.1) is 0 Å². The van der Waals surface area contributed by atoms with Crippen molar-refractivity contribution in [3.8, 4) is 5.75 Å². The lowest BCUT2D eigenvalue weighted by Crippen LogP contribution is -2.40. The molecule has 0 spiro atoms. The van der Waals surface area contributed by atoms with Crippen molar-refractivity contribution < 1.29 is 31.8 Å². The molecule has 8 heteroatoms. The first-order valence-electron chi connectivity index (χ1n) is 8.13. The normalized spacial score (nSPS) is 24.5. The number of alkyl halides is 5. The number of rotatable bonds is 7. The third-order valence-corrected chi connectivity index (χ3v) is 4.63. The highest BCUT2D eigenvalue weighted by Gasteiger charge is 2.56. The maximum atomic E-state index is 12.8. The summed E-state index contributed by atoms with van der Waals surface area (Å²) in [4.78, 5) is 0. The van der Waals surface area contributed by atoms with Crippen LogP contribution < -0.4 is 10.5 Å². The Balaban J connectivity index is 1.80. The van der Waals surface area contributed by atoms with Gasteiger partial charge in [0.1, 0.15) is 5.75 Å². The quantitative estimate of drug-likeness (QED) is 0.566. The molecule has 0 bridgehead atoms. The summed E-state index contributed by atoms with van der Waals surface area (Å²) in [5, 5.41) is 9.29. The van der Waals surface area contributed by atoms with Gasteiger partial charge in [-0.25, -0.2) is 0 Å². The lowest BCUT2D eigenvalue weighted by atomic mass is 9.94. The van der Waals surface area contributed by atoms with Crippen LogP contribution in [0.5, 0.6) is 5.75 Å². The molecule has 0 radical (unpaired) electrons. The predicted octanol–water partition coefficient (Wildman–Crippen LogP) is 4.00. The van der Waals surface area contributed by atoms with Gasteiger partial charge in [-0.1, -0.05) is 12.1 Å². The maximum absolute atomic E-state index is 12.8. The Kier molecular flexibility index (Phi) is 5.93. The van der Waals surface area contributed by atoms with E-state index in [-0.39, 0.29) is 19.1 Å². The van der Waals surface area contributed by atoms with Gasteiger partial charge in [0.05, 0.1) is 13.2 Å². The van der Waals surface area contributed by atoms with Crippen molar-refractivity contribution in [2.75, 3.05) is 13.2 Å². The van der Waals surface area contributed by atoms with E-state index >= 15 is 0 Å². The molecule has 1 aromatic rings. The largest absolute Gasteiger partial charge is 0.494 e. The molecule has 2 rings (SSSR count). The van der Waals surface area contributed by atoms with Gasteiger partial charge in [-0.2, -0.15) is 22.0 Å². The number of aliphatic hydroxyl groups excluding tert-OH is 1. The SMILES string of the molecule is N[C@]1(CO)CC[C@@H](c2ccc(OCCCC(F)(F)C(F)(F)F)cc2)C1. The Bertz CT molecular complexity index is 561. The highest BCUT2D eigenvalue weighted by molar-refractivity contribution is 5.30. The van der Waals surface area contributed by atoms with Gasteiger partial charge >= 0.3 is 12.1 Å². The fourth-order valence-corrected chi connectivity index (χ4v) is 3.05. The highest BCUT2D eigenvalue weighted by atomic mass is 19.4. The Morgan fingerprint density at radius 3 is 2.32 bits per heavy atom. The van der Waals surface area contributed by atoms with E-state index in [0.29, 0.717) is 12.2 Å². The molecule has 1 aromatic carbocycles. The molecule has 0 aromatic heterocycles. The smallest absolute Gasteiger partial charge is 0.453 e.